The highest BCUT2D eigenvalue weighted by atomic mass is 32.2. The predicted molar refractivity (Wildman–Crippen MR) is 124 cm³/mol. The number of rotatable bonds is 5. The van der Waals surface area contributed by atoms with Gasteiger partial charge in [0.2, 0.25) is 0 Å². The Kier molecular flexibility index (Phi) is 7.67. The van der Waals surface area contributed by atoms with Gasteiger partial charge in [-0.2, -0.15) is 0 Å². The smallest absolute Gasteiger partial charge is 0.345 e. The van der Waals surface area contributed by atoms with E-state index in [9.17, 15) is 9.18 Å². The molecule has 1 saturated heterocycles. The van der Waals surface area contributed by atoms with Gasteiger partial charge in [0, 0.05) is 10.9 Å². The molecule has 3 nitrogen and oxygen atoms in total. The van der Waals surface area contributed by atoms with Crippen LogP contribution < -0.4 is 4.74 Å². The lowest BCUT2D eigenvalue weighted by Crippen LogP contribution is -2.29. The Bertz CT molecular complexity index is 974. The first-order valence-electron chi connectivity index (χ1n) is 10.7. The van der Waals surface area contributed by atoms with Gasteiger partial charge in [-0.15, -0.1) is 0 Å². The Morgan fingerprint density at radius 3 is 2.39 bits per heavy atom. The van der Waals surface area contributed by atoms with Gasteiger partial charge in [-0.1, -0.05) is 24.0 Å². The van der Waals surface area contributed by atoms with Crippen molar-refractivity contribution in [2.45, 2.75) is 57.5 Å². The predicted octanol–water partition coefficient (Wildman–Crippen LogP) is 5.36. The number of carbonyl (C=O) groups is 1. The molecule has 0 aromatic heterocycles. The Morgan fingerprint density at radius 2 is 1.74 bits per heavy atom. The Hall–Kier alpha value is -2.45. The standard InChI is InChI=1S/C26H30FO3S/c1-19-16-22(31-14-8-5-9-15-31)17-20(2)25(19)29-18-24(28)30-26(3,4)13-12-21-10-6-7-11-23(21)27/h6-7,10-11,16-17H,5,8-9,14-15,18H2,1-4H3/q+1. The van der Waals surface area contributed by atoms with Crippen LogP contribution in [0.3, 0.4) is 0 Å². The first kappa shape index (κ1) is 23.2. The Balaban J connectivity index is 1.61. The summed E-state index contributed by atoms with van der Waals surface area (Å²) in [5.41, 5.74) is 1.30. The molecule has 0 atom stereocenters. The molecular formula is C26H30FO3S+. The highest BCUT2D eigenvalue weighted by Gasteiger charge is 2.26. The maximum atomic E-state index is 13.7. The number of hydrogen-bond donors (Lipinski definition) is 0. The number of aryl methyl sites for hydroxylation is 2. The number of carbonyl (C=O) groups excluding carboxylic acids is 1. The zero-order valence-electron chi connectivity index (χ0n) is 18.7. The van der Waals surface area contributed by atoms with Crippen LogP contribution >= 0.6 is 0 Å². The number of benzene rings is 2. The van der Waals surface area contributed by atoms with E-state index in [4.69, 9.17) is 9.47 Å². The van der Waals surface area contributed by atoms with E-state index in [-0.39, 0.29) is 12.2 Å². The average Bonchev–Trinajstić information content (AvgIpc) is 2.73. The van der Waals surface area contributed by atoms with Crippen LogP contribution in [-0.4, -0.2) is 29.7 Å². The van der Waals surface area contributed by atoms with Crippen molar-refractivity contribution in [3.8, 4) is 17.6 Å². The molecule has 0 amide bonds. The lowest BCUT2D eigenvalue weighted by molar-refractivity contribution is -0.154. The van der Waals surface area contributed by atoms with E-state index in [1.54, 1.807) is 32.0 Å². The van der Waals surface area contributed by atoms with Gasteiger partial charge in [-0.3, -0.25) is 0 Å². The monoisotopic (exact) mass is 441 g/mol. The minimum Gasteiger partial charge on any atom is -0.481 e. The molecule has 2 aromatic carbocycles. The molecule has 164 valence electrons. The lowest BCUT2D eigenvalue weighted by atomic mass is 10.1. The Labute approximate surface area is 187 Å². The molecule has 5 heteroatoms. The zero-order chi connectivity index (χ0) is 22.4. The van der Waals surface area contributed by atoms with Crippen LogP contribution in [0.1, 0.15) is 49.8 Å². The number of hydrogen-bond acceptors (Lipinski definition) is 3. The summed E-state index contributed by atoms with van der Waals surface area (Å²) in [5, 5.41) is 0. The quantitative estimate of drug-likeness (QED) is 0.356. The summed E-state index contributed by atoms with van der Waals surface area (Å²) in [6.07, 6.45) is 3.95. The van der Waals surface area contributed by atoms with E-state index in [0.29, 0.717) is 10.9 Å². The van der Waals surface area contributed by atoms with Crippen molar-refractivity contribution in [3.05, 3.63) is 58.9 Å². The van der Waals surface area contributed by atoms with Gasteiger partial charge >= 0.3 is 5.97 Å². The van der Waals surface area contributed by atoms with Gasteiger partial charge in [0.05, 0.1) is 5.56 Å². The van der Waals surface area contributed by atoms with Crippen LogP contribution in [-0.2, 0) is 20.4 Å². The molecule has 2 aromatic rings. The minimum atomic E-state index is -1.06. The number of esters is 1. The second kappa shape index (κ2) is 10.2. The molecular weight excluding hydrogens is 411 g/mol. The molecule has 0 spiro atoms. The van der Waals surface area contributed by atoms with Crippen LogP contribution in [0, 0.1) is 31.5 Å². The third kappa shape index (κ3) is 6.51. The van der Waals surface area contributed by atoms with Crippen molar-refractivity contribution in [2.24, 2.45) is 0 Å². The summed E-state index contributed by atoms with van der Waals surface area (Å²) in [6, 6.07) is 10.7. The molecule has 31 heavy (non-hydrogen) atoms. The van der Waals surface area contributed by atoms with Crippen LogP contribution in [0.5, 0.6) is 5.75 Å². The van der Waals surface area contributed by atoms with Crippen LogP contribution in [0.25, 0.3) is 0 Å². The third-order valence-corrected chi connectivity index (χ3v) is 7.59. The second-order valence-corrected chi connectivity index (χ2v) is 10.6. The molecule has 3 rings (SSSR count). The highest BCUT2D eigenvalue weighted by molar-refractivity contribution is 7.96. The van der Waals surface area contributed by atoms with Crippen LogP contribution in [0.2, 0.25) is 0 Å². The summed E-state index contributed by atoms with van der Waals surface area (Å²) in [5.74, 6) is 7.94. The van der Waals surface area contributed by atoms with Crippen LogP contribution in [0.4, 0.5) is 4.39 Å². The molecule has 0 radical (unpaired) electrons. The largest absolute Gasteiger partial charge is 0.481 e. The molecule has 1 fully saturated rings. The second-order valence-electron chi connectivity index (χ2n) is 8.35. The maximum absolute atomic E-state index is 13.7. The fourth-order valence-electron chi connectivity index (χ4n) is 3.62. The first-order valence-corrected chi connectivity index (χ1v) is 12.2. The van der Waals surface area contributed by atoms with E-state index in [2.05, 4.69) is 24.0 Å². The van der Waals surface area contributed by atoms with E-state index < -0.39 is 17.4 Å². The topological polar surface area (TPSA) is 35.5 Å². The van der Waals surface area contributed by atoms with Crippen molar-refractivity contribution in [1.82, 2.24) is 0 Å². The van der Waals surface area contributed by atoms with Crippen molar-refractivity contribution < 1.29 is 18.7 Å². The van der Waals surface area contributed by atoms with Gasteiger partial charge in [0.15, 0.2) is 17.1 Å². The van der Waals surface area contributed by atoms with E-state index in [1.807, 2.05) is 13.8 Å². The van der Waals surface area contributed by atoms with E-state index in [1.165, 1.54) is 41.7 Å². The normalized spacial score (nSPS) is 14.5. The molecule has 1 heterocycles. The molecule has 1 aliphatic heterocycles. The summed E-state index contributed by atoms with van der Waals surface area (Å²) in [4.78, 5) is 13.8. The van der Waals surface area contributed by atoms with E-state index >= 15 is 0 Å². The van der Waals surface area contributed by atoms with Crippen molar-refractivity contribution in [2.75, 3.05) is 18.1 Å². The molecule has 0 unspecified atom stereocenters. The van der Waals surface area contributed by atoms with Crippen molar-refractivity contribution in [1.29, 1.82) is 0 Å². The minimum absolute atomic E-state index is 0.197. The average molecular weight is 442 g/mol. The van der Waals surface area contributed by atoms with Gasteiger partial charge in [0.1, 0.15) is 23.1 Å². The van der Waals surface area contributed by atoms with Gasteiger partial charge in [-0.05, 0) is 82.3 Å². The highest BCUT2D eigenvalue weighted by Crippen LogP contribution is 2.30. The molecule has 0 aliphatic carbocycles. The van der Waals surface area contributed by atoms with Crippen molar-refractivity contribution in [3.63, 3.8) is 0 Å². The molecule has 0 saturated carbocycles. The number of ether oxygens (including phenoxy) is 2. The maximum Gasteiger partial charge on any atom is 0.345 e. The molecule has 0 bridgehead atoms. The van der Waals surface area contributed by atoms with E-state index in [0.717, 1.165) is 16.9 Å². The SMILES string of the molecule is Cc1cc([S+]2CCCCC2)cc(C)c1OCC(=O)OC(C)(C)C#Cc1ccccc1F. The third-order valence-electron chi connectivity index (χ3n) is 5.12. The van der Waals surface area contributed by atoms with Gasteiger partial charge in [0.25, 0.3) is 0 Å². The molecule has 1 aliphatic rings. The summed E-state index contributed by atoms with van der Waals surface area (Å²) >= 11 is 0. The summed E-state index contributed by atoms with van der Waals surface area (Å²) < 4.78 is 25.0. The fourth-order valence-corrected chi connectivity index (χ4v) is 6.09. The van der Waals surface area contributed by atoms with Crippen LogP contribution in [0.15, 0.2) is 41.3 Å². The first-order chi connectivity index (χ1) is 14.7. The summed E-state index contributed by atoms with van der Waals surface area (Å²) in [6.45, 7) is 7.20. The zero-order valence-corrected chi connectivity index (χ0v) is 19.5. The summed E-state index contributed by atoms with van der Waals surface area (Å²) in [7, 11) is 0.328. The van der Waals surface area contributed by atoms with Crippen molar-refractivity contribution >= 4 is 16.9 Å². The number of halogens is 1. The van der Waals surface area contributed by atoms with Gasteiger partial charge < -0.3 is 9.47 Å². The fraction of sp³-hybridized carbons (Fsp3) is 0.423. The lowest BCUT2D eigenvalue weighted by Gasteiger charge is -2.20. The van der Waals surface area contributed by atoms with Gasteiger partial charge in [-0.25, -0.2) is 9.18 Å². The molecule has 0 N–H and O–H groups in total. The Morgan fingerprint density at radius 1 is 1.10 bits per heavy atom.